The maximum Gasteiger partial charge on any atom is 0.215 e. The molecule has 1 aliphatic rings. The van der Waals surface area contributed by atoms with Gasteiger partial charge in [0.2, 0.25) is 20.9 Å². The van der Waals surface area contributed by atoms with Crippen molar-refractivity contribution in [1.29, 1.82) is 0 Å². The van der Waals surface area contributed by atoms with Crippen LogP contribution >= 0.6 is 11.6 Å². The first kappa shape index (κ1) is 16.9. The number of furan rings is 1. The SMILES string of the molecule is O=C(C=C(O)c1nc[nH]n1)c1ccoc1Cl.O=S1(=O)c2ccccc21. The summed E-state index contributed by atoms with van der Waals surface area (Å²) in [6.07, 6.45) is 3.54. The van der Waals surface area contributed by atoms with Crippen molar-refractivity contribution in [3.8, 4) is 0 Å². The number of hydrogen-bond donors (Lipinski definition) is 2. The van der Waals surface area contributed by atoms with E-state index >= 15 is 0 Å². The fourth-order valence-electron chi connectivity index (χ4n) is 1.92. The molecule has 0 saturated carbocycles. The van der Waals surface area contributed by atoms with Crippen LogP contribution in [-0.2, 0) is 9.84 Å². The topological polar surface area (TPSA) is 126 Å². The second-order valence-corrected chi connectivity index (χ2v) is 7.00. The zero-order valence-corrected chi connectivity index (χ0v) is 14.0. The van der Waals surface area contributed by atoms with Crippen LogP contribution in [0.5, 0.6) is 0 Å². The molecule has 4 rings (SSSR count). The molecule has 0 spiro atoms. The van der Waals surface area contributed by atoms with Crippen molar-refractivity contribution in [2.24, 2.45) is 0 Å². The van der Waals surface area contributed by atoms with Gasteiger partial charge in [0.15, 0.2) is 11.5 Å². The zero-order valence-electron chi connectivity index (χ0n) is 12.4. The summed E-state index contributed by atoms with van der Waals surface area (Å²) in [5.74, 6) is -0.794. The Labute approximate surface area is 146 Å². The number of sulfone groups is 1. The lowest BCUT2D eigenvalue weighted by molar-refractivity contribution is 0.104. The van der Waals surface area contributed by atoms with E-state index in [2.05, 4.69) is 15.2 Å². The van der Waals surface area contributed by atoms with Gasteiger partial charge in [0.05, 0.1) is 21.6 Å². The quantitative estimate of drug-likeness (QED) is 0.242. The van der Waals surface area contributed by atoms with Gasteiger partial charge in [-0.15, -0.1) is 0 Å². The molecule has 1 aliphatic heterocycles. The van der Waals surface area contributed by atoms with Gasteiger partial charge in [-0.25, -0.2) is 13.4 Å². The summed E-state index contributed by atoms with van der Waals surface area (Å²) in [4.78, 5) is 16.2. The average molecular weight is 380 g/mol. The van der Waals surface area contributed by atoms with E-state index < -0.39 is 15.6 Å². The largest absolute Gasteiger partial charge is 0.504 e. The molecule has 2 aromatic heterocycles. The lowest BCUT2D eigenvalue weighted by Crippen LogP contribution is -1.96. The molecule has 0 atom stereocenters. The standard InChI is InChI=1S/C9H6ClN3O3.C6H4O2S/c10-8-5(1-2-16-8)6(14)3-7(15)9-11-4-12-13-9;7-9(8)5-3-1-2-4-6(5)9/h1-4,15H,(H,11,12,13);1-4H. The first-order valence-electron chi connectivity index (χ1n) is 6.79. The number of H-pyrrole nitrogens is 1. The van der Waals surface area contributed by atoms with Crippen molar-refractivity contribution in [2.45, 2.75) is 9.79 Å². The van der Waals surface area contributed by atoms with Crippen molar-refractivity contribution >= 4 is 33.0 Å². The molecular formula is C15H10ClN3O5S. The van der Waals surface area contributed by atoms with E-state index in [4.69, 9.17) is 16.0 Å². The van der Waals surface area contributed by atoms with Crippen molar-refractivity contribution < 1.29 is 22.7 Å². The van der Waals surface area contributed by atoms with Crippen LogP contribution in [0.1, 0.15) is 16.2 Å². The highest BCUT2D eigenvalue weighted by Crippen LogP contribution is 2.38. The molecule has 0 bridgehead atoms. The number of aromatic nitrogens is 3. The number of ketones is 1. The molecule has 10 heteroatoms. The normalized spacial score (nSPS) is 14.2. The maximum absolute atomic E-state index is 11.6. The van der Waals surface area contributed by atoms with Crippen LogP contribution in [0.3, 0.4) is 0 Å². The number of aliphatic hydroxyl groups is 1. The Morgan fingerprint density at radius 2 is 1.92 bits per heavy atom. The molecule has 3 aromatic rings. The molecule has 0 aliphatic carbocycles. The highest BCUT2D eigenvalue weighted by Gasteiger charge is 2.37. The molecule has 0 radical (unpaired) electrons. The number of fused-ring (bicyclic) bond motifs is 1. The number of nitrogens with zero attached hydrogens (tertiary/aromatic N) is 2. The lowest BCUT2D eigenvalue weighted by Gasteiger charge is -1.93. The number of aromatic amines is 1. The van der Waals surface area contributed by atoms with E-state index in [0.717, 1.165) is 6.08 Å². The summed E-state index contributed by atoms with van der Waals surface area (Å²) in [7, 11) is -2.88. The van der Waals surface area contributed by atoms with Crippen LogP contribution in [0.25, 0.3) is 5.76 Å². The maximum atomic E-state index is 11.6. The molecule has 2 N–H and O–H groups in total. The highest BCUT2D eigenvalue weighted by molar-refractivity contribution is 7.97. The molecule has 25 heavy (non-hydrogen) atoms. The van der Waals surface area contributed by atoms with Gasteiger partial charge in [-0.3, -0.25) is 9.89 Å². The summed E-state index contributed by atoms with van der Waals surface area (Å²) in [5, 5.41) is 15.5. The van der Waals surface area contributed by atoms with E-state index in [1.807, 2.05) is 0 Å². The Morgan fingerprint density at radius 3 is 2.40 bits per heavy atom. The minimum Gasteiger partial charge on any atom is -0.504 e. The van der Waals surface area contributed by atoms with Gasteiger partial charge in [0.1, 0.15) is 6.33 Å². The zero-order chi connectivity index (χ0) is 18.0. The van der Waals surface area contributed by atoms with Crippen molar-refractivity contribution in [3.05, 3.63) is 65.6 Å². The van der Waals surface area contributed by atoms with E-state index in [1.165, 1.54) is 18.7 Å². The number of allylic oxidation sites excluding steroid dienone is 1. The Bertz CT molecular complexity index is 1030. The summed E-state index contributed by atoms with van der Waals surface area (Å²) < 4.78 is 26.2. The first-order valence-corrected chi connectivity index (χ1v) is 8.65. The number of aliphatic hydroxyl groups excluding tert-OH is 1. The molecule has 3 heterocycles. The van der Waals surface area contributed by atoms with Crippen LogP contribution in [0.15, 0.2) is 63.2 Å². The average Bonchev–Trinajstić information content (AvgIpc) is 3.07. The van der Waals surface area contributed by atoms with Gasteiger partial charge >= 0.3 is 0 Å². The summed E-state index contributed by atoms with van der Waals surface area (Å²) in [6.45, 7) is 0. The fourth-order valence-corrected chi connectivity index (χ4v) is 3.43. The van der Waals surface area contributed by atoms with E-state index in [-0.39, 0.29) is 22.4 Å². The molecule has 0 amide bonds. The number of benzene rings is 1. The van der Waals surface area contributed by atoms with Crippen molar-refractivity contribution in [2.75, 3.05) is 0 Å². The highest BCUT2D eigenvalue weighted by atomic mass is 35.5. The minimum atomic E-state index is -2.88. The second kappa shape index (κ2) is 6.54. The van der Waals surface area contributed by atoms with E-state index in [9.17, 15) is 18.3 Å². The molecule has 0 fully saturated rings. The smallest absolute Gasteiger partial charge is 0.215 e. The Kier molecular flexibility index (Phi) is 4.43. The second-order valence-electron chi connectivity index (χ2n) is 4.77. The third-order valence-electron chi connectivity index (χ3n) is 3.18. The summed E-state index contributed by atoms with van der Waals surface area (Å²) >= 11 is 5.61. The Morgan fingerprint density at radius 1 is 1.24 bits per heavy atom. The number of nitrogens with one attached hydrogen (secondary N) is 1. The van der Waals surface area contributed by atoms with Gasteiger partial charge in [0.25, 0.3) is 0 Å². The van der Waals surface area contributed by atoms with Crippen molar-refractivity contribution in [1.82, 2.24) is 15.2 Å². The summed E-state index contributed by atoms with van der Waals surface area (Å²) in [5.41, 5.74) is 0.170. The van der Waals surface area contributed by atoms with Gasteiger partial charge in [0, 0.05) is 6.08 Å². The first-order chi connectivity index (χ1) is 11.9. The molecular weight excluding hydrogens is 370 g/mol. The van der Waals surface area contributed by atoms with Crippen LogP contribution in [-0.4, -0.2) is 34.5 Å². The Hall–Kier alpha value is -2.91. The number of hydrogen-bond acceptors (Lipinski definition) is 7. The number of halogens is 1. The van der Waals surface area contributed by atoms with Crippen LogP contribution < -0.4 is 0 Å². The third-order valence-corrected chi connectivity index (χ3v) is 5.14. The van der Waals surface area contributed by atoms with Crippen LogP contribution in [0.2, 0.25) is 5.22 Å². The fraction of sp³-hybridized carbons (Fsp3) is 0. The van der Waals surface area contributed by atoms with E-state index in [1.54, 1.807) is 24.3 Å². The molecule has 1 aromatic carbocycles. The summed E-state index contributed by atoms with van der Waals surface area (Å²) in [6, 6.07) is 8.09. The molecule has 128 valence electrons. The van der Waals surface area contributed by atoms with Gasteiger partial charge in [-0.05, 0) is 29.8 Å². The van der Waals surface area contributed by atoms with Gasteiger partial charge in [-0.2, -0.15) is 5.10 Å². The number of carbonyl (C=O) groups excluding carboxylic acids is 1. The van der Waals surface area contributed by atoms with Gasteiger partial charge < -0.3 is 9.52 Å². The van der Waals surface area contributed by atoms with Crippen LogP contribution in [0.4, 0.5) is 0 Å². The third kappa shape index (κ3) is 3.47. The Balaban J connectivity index is 0.000000170. The number of rotatable bonds is 3. The minimum absolute atomic E-state index is 0.0240. The van der Waals surface area contributed by atoms with Crippen molar-refractivity contribution in [3.63, 3.8) is 0 Å². The predicted octanol–water partition coefficient (Wildman–Crippen LogP) is 2.67. The molecule has 8 nitrogen and oxygen atoms in total. The van der Waals surface area contributed by atoms with E-state index in [0.29, 0.717) is 9.79 Å². The molecule has 0 saturated heterocycles. The molecule has 0 unspecified atom stereocenters. The van der Waals surface area contributed by atoms with Gasteiger partial charge in [-0.1, -0.05) is 12.1 Å². The monoisotopic (exact) mass is 379 g/mol. The van der Waals surface area contributed by atoms with Crippen LogP contribution in [0, 0.1) is 0 Å². The number of carbonyl (C=O) groups is 1. The lowest BCUT2D eigenvalue weighted by atomic mass is 10.2. The predicted molar refractivity (Wildman–Crippen MR) is 86.9 cm³/mol.